The Morgan fingerprint density at radius 1 is 1.71 bits per heavy atom. The second-order valence-corrected chi connectivity index (χ2v) is 4.31. The van der Waals surface area contributed by atoms with Crippen LogP contribution in [0.4, 0.5) is 4.79 Å². The van der Waals surface area contributed by atoms with Gasteiger partial charge in [0.05, 0.1) is 18.0 Å². The average Bonchev–Trinajstić information content (AvgIpc) is 2.26. The molecule has 17 heavy (non-hydrogen) atoms. The molecule has 0 aromatic carbocycles. The zero-order chi connectivity index (χ0) is 12.8. The molecule has 0 saturated carbocycles. The molecule has 5 nitrogen and oxygen atoms in total. The van der Waals surface area contributed by atoms with E-state index in [4.69, 9.17) is 0 Å². The number of nitrogens with zero attached hydrogens (tertiary/aromatic N) is 1. The van der Waals surface area contributed by atoms with Crippen molar-refractivity contribution in [1.82, 2.24) is 10.3 Å². The van der Waals surface area contributed by atoms with Crippen LogP contribution in [0.1, 0.15) is 18.7 Å². The number of pyridine rings is 1. The van der Waals surface area contributed by atoms with E-state index in [1.165, 1.54) is 0 Å². The lowest BCUT2D eigenvalue weighted by molar-refractivity contribution is 0.148. The van der Waals surface area contributed by atoms with Crippen molar-refractivity contribution < 1.29 is 14.6 Å². The number of carbonyl (C=O) groups is 1. The predicted octanol–water partition coefficient (Wildman–Crippen LogP) is 2.14. The van der Waals surface area contributed by atoms with Crippen molar-refractivity contribution in [3.05, 3.63) is 40.8 Å². The molecule has 0 fully saturated rings. The number of rotatable bonds is 4. The van der Waals surface area contributed by atoms with Gasteiger partial charge >= 0.3 is 6.09 Å². The summed E-state index contributed by atoms with van der Waals surface area (Å²) in [6.07, 6.45) is 0.0551. The molecule has 0 aliphatic heterocycles. The van der Waals surface area contributed by atoms with Gasteiger partial charge in [0, 0.05) is 10.7 Å². The largest absolute Gasteiger partial charge is 0.416 e. The first kappa shape index (κ1) is 13.7. The number of hydrogen-bond acceptors (Lipinski definition) is 4. The molecule has 2 N–H and O–H groups in total. The number of aliphatic hydroxyl groups excluding tert-OH is 1. The predicted molar refractivity (Wildman–Crippen MR) is 66.2 cm³/mol. The summed E-state index contributed by atoms with van der Waals surface area (Å²) in [5, 5.41) is 12.1. The molecule has 1 heterocycles. The van der Waals surface area contributed by atoms with Gasteiger partial charge in [0.2, 0.25) is 0 Å². The van der Waals surface area contributed by atoms with E-state index in [0.29, 0.717) is 11.5 Å². The van der Waals surface area contributed by atoms with Crippen molar-refractivity contribution in [2.45, 2.75) is 13.0 Å². The third-order valence-electron chi connectivity index (χ3n) is 1.80. The fourth-order valence-electron chi connectivity index (χ4n) is 1.06. The first-order valence-corrected chi connectivity index (χ1v) is 5.69. The van der Waals surface area contributed by atoms with Crippen molar-refractivity contribution in [1.29, 1.82) is 0 Å². The van der Waals surface area contributed by atoms with E-state index in [-0.39, 0.29) is 6.54 Å². The Morgan fingerprint density at radius 3 is 2.94 bits per heavy atom. The van der Waals surface area contributed by atoms with Gasteiger partial charge < -0.3 is 15.2 Å². The maximum absolute atomic E-state index is 11.1. The summed E-state index contributed by atoms with van der Waals surface area (Å²) >= 11 is 3.24. The number of amides is 1. The molecule has 1 amide bonds. The number of carbonyl (C=O) groups excluding carboxylic acids is 1. The molecule has 1 aromatic heterocycles. The highest BCUT2D eigenvalue weighted by atomic mass is 79.9. The maximum atomic E-state index is 11.1. The van der Waals surface area contributed by atoms with Crippen LogP contribution in [0.25, 0.3) is 0 Å². The van der Waals surface area contributed by atoms with Gasteiger partial charge in [-0.05, 0) is 35.0 Å². The third kappa shape index (κ3) is 4.97. The van der Waals surface area contributed by atoms with Crippen molar-refractivity contribution >= 4 is 22.0 Å². The van der Waals surface area contributed by atoms with E-state index in [1.807, 2.05) is 0 Å². The van der Waals surface area contributed by atoms with Crippen LogP contribution in [0.2, 0.25) is 0 Å². The van der Waals surface area contributed by atoms with Gasteiger partial charge in [-0.25, -0.2) is 4.79 Å². The summed E-state index contributed by atoms with van der Waals surface area (Å²) in [5.74, 6) is 0.291. The molecular weight excluding hydrogens is 288 g/mol. The molecule has 1 unspecified atom stereocenters. The van der Waals surface area contributed by atoms with E-state index < -0.39 is 12.2 Å². The number of halogens is 1. The smallest absolute Gasteiger partial charge is 0.412 e. The van der Waals surface area contributed by atoms with E-state index in [1.54, 1.807) is 25.3 Å². The molecule has 1 aromatic rings. The zero-order valence-corrected chi connectivity index (χ0v) is 10.9. The van der Waals surface area contributed by atoms with E-state index in [0.717, 1.165) is 4.47 Å². The Morgan fingerprint density at radius 2 is 2.41 bits per heavy atom. The highest BCUT2D eigenvalue weighted by Crippen LogP contribution is 2.12. The first-order chi connectivity index (χ1) is 7.99. The minimum absolute atomic E-state index is 0.0285. The molecular formula is C11H13BrN2O3. The van der Waals surface area contributed by atoms with Crippen LogP contribution in [0.5, 0.6) is 0 Å². The van der Waals surface area contributed by atoms with Crippen LogP contribution in [-0.4, -0.2) is 22.7 Å². The number of aromatic nitrogens is 1. The Balaban J connectivity index is 2.44. The van der Waals surface area contributed by atoms with Crippen LogP contribution in [0.3, 0.4) is 0 Å². The van der Waals surface area contributed by atoms with Gasteiger partial charge in [-0.2, -0.15) is 0 Å². The second kappa shape index (κ2) is 6.36. The number of hydrogen-bond donors (Lipinski definition) is 2. The summed E-state index contributed by atoms with van der Waals surface area (Å²) in [6.45, 7) is 5.02. The standard InChI is InChI=1S/C11H13BrN2O3/c1-7(2)17-11(16)14-6-10(15)9-4-3-8(12)5-13-9/h3-5,10,15H,1,6H2,2H3,(H,14,16). The topological polar surface area (TPSA) is 71.5 Å². The van der Waals surface area contributed by atoms with Crippen molar-refractivity contribution in [2.24, 2.45) is 0 Å². The number of nitrogens with one attached hydrogen (secondary N) is 1. The van der Waals surface area contributed by atoms with Gasteiger partial charge in [0.25, 0.3) is 0 Å². The summed E-state index contributed by atoms with van der Waals surface area (Å²) in [7, 11) is 0. The van der Waals surface area contributed by atoms with Gasteiger partial charge in [0.15, 0.2) is 0 Å². The second-order valence-electron chi connectivity index (χ2n) is 3.39. The lowest BCUT2D eigenvalue weighted by atomic mass is 10.2. The molecule has 92 valence electrons. The van der Waals surface area contributed by atoms with Crippen LogP contribution in [0.15, 0.2) is 35.1 Å². The van der Waals surface area contributed by atoms with Gasteiger partial charge in [-0.15, -0.1) is 0 Å². The highest BCUT2D eigenvalue weighted by Gasteiger charge is 2.11. The monoisotopic (exact) mass is 300 g/mol. The summed E-state index contributed by atoms with van der Waals surface area (Å²) < 4.78 is 5.49. The zero-order valence-electron chi connectivity index (χ0n) is 9.31. The summed E-state index contributed by atoms with van der Waals surface area (Å²) in [5.41, 5.74) is 0.476. The lowest BCUT2D eigenvalue weighted by Gasteiger charge is -2.11. The maximum Gasteiger partial charge on any atom is 0.412 e. The number of allylic oxidation sites excluding steroid dienone is 1. The van der Waals surface area contributed by atoms with E-state index in [9.17, 15) is 9.90 Å². The Hall–Kier alpha value is -1.40. The van der Waals surface area contributed by atoms with Gasteiger partial charge in [-0.1, -0.05) is 6.58 Å². The lowest BCUT2D eigenvalue weighted by Crippen LogP contribution is -2.28. The molecule has 6 heteroatoms. The fraction of sp³-hybridized carbons (Fsp3) is 0.273. The number of alkyl carbamates (subject to hydrolysis) is 1. The SMILES string of the molecule is C=C(C)OC(=O)NCC(O)c1ccc(Br)cn1. The Labute approximate surface area is 108 Å². The molecule has 1 atom stereocenters. The minimum Gasteiger partial charge on any atom is -0.416 e. The first-order valence-electron chi connectivity index (χ1n) is 4.89. The Bertz CT molecular complexity index is 406. The third-order valence-corrected chi connectivity index (χ3v) is 2.27. The summed E-state index contributed by atoms with van der Waals surface area (Å²) in [6, 6.07) is 3.43. The van der Waals surface area contributed by atoms with Crippen LogP contribution < -0.4 is 5.32 Å². The molecule has 0 aliphatic rings. The quantitative estimate of drug-likeness (QED) is 0.836. The molecule has 0 bridgehead atoms. The molecule has 1 rings (SSSR count). The highest BCUT2D eigenvalue weighted by molar-refractivity contribution is 9.10. The van der Waals surface area contributed by atoms with Gasteiger partial charge in [0.1, 0.15) is 6.10 Å². The number of aliphatic hydroxyl groups is 1. The van der Waals surface area contributed by atoms with Crippen molar-refractivity contribution in [2.75, 3.05) is 6.54 Å². The van der Waals surface area contributed by atoms with Crippen LogP contribution in [-0.2, 0) is 4.74 Å². The van der Waals surface area contributed by atoms with Gasteiger partial charge in [-0.3, -0.25) is 4.98 Å². The molecule has 0 spiro atoms. The Kier molecular flexibility index (Phi) is 5.11. The van der Waals surface area contributed by atoms with Crippen molar-refractivity contribution in [3.63, 3.8) is 0 Å². The normalized spacial score (nSPS) is 11.7. The van der Waals surface area contributed by atoms with Crippen LogP contribution in [0, 0.1) is 0 Å². The van der Waals surface area contributed by atoms with Crippen molar-refractivity contribution in [3.8, 4) is 0 Å². The van der Waals surface area contributed by atoms with Crippen LogP contribution >= 0.6 is 15.9 Å². The molecule has 0 saturated heterocycles. The fourth-order valence-corrected chi connectivity index (χ4v) is 1.30. The van der Waals surface area contributed by atoms with E-state index in [2.05, 4.69) is 37.5 Å². The van der Waals surface area contributed by atoms with E-state index >= 15 is 0 Å². The minimum atomic E-state index is -0.874. The number of ether oxygens (including phenoxy) is 1. The average molecular weight is 301 g/mol. The summed E-state index contributed by atoms with van der Waals surface area (Å²) in [4.78, 5) is 15.1. The molecule has 0 aliphatic carbocycles. The molecule has 0 radical (unpaired) electrons.